The highest BCUT2D eigenvalue weighted by molar-refractivity contribution is 5.81. The molecule has 1 nitrogen and oxygen atoms in total. The highest BCUT2D eigenvalue weighted by Gasteiger charge is 1.95. The van der Waals surface area contributed by atoms with Gasteiger partial charge in [-0.15, -0.1) is 0 Å². The van der Waals surface area contributed by atoms with Gasteiger partial charge in [-0.1, -0.05) is 20.8 Å². The lowest BCUT2D eigenvalue weighted by atomic mass is 10.1. The first-order valence-corrected chi connectivity index (χ1v) is 3.23. The fourth-order valence-electron chi connectivity index (χ4n) is 0.637. The molecule has 0 radical (unpaired) electrons. The highest BCUT2D eigenvalue weighted by atomic mass is 14.4. The van der Waals surface area contributed by atoms with E-state index in [1.54, 1.807) is 0 Å². The maximum Gasteiger partial charge on any atom is 0.00889 e. The lowest BCUT2D eigenvalue weighted by Gasteiger charge is -2.01. The highest BCUT2D eigenvalue weighted by Crippen LogP contribution is 2.01. The van der Waals surface area contributed by atoms with E-state index in [0.29, 0.717) is 5.92 Å². The molecule has 0 saturated heterocycles. The van der Waals surface area contributed by atoms with Crippen LogP contribution in [0.1, 0.15) is 33.6 Å². The lowest BCUT2D eigenvalue weighted by Crippen LogP contribution is -1.98. The van der Waals surface area contributed by atoms with Crippen molar-refractivity contribution in [3.63, 3.8) is 0 Å². The third-order valence-corrected chi connectivity index (χ3v) is 1.08. The van der Waals surface area contributed by atoms with Gasteiger partial charge in [-0.3, -0.25) is 0 Å². The quantitative estimate of drug-likeness (QED) is 0.544. The van der Waals surface area contributed by atoms with E-state index in [-0.39, 0.29) is 0 Å². The van der Waals surface area contributed by atoms with Crippen LogP contribution in [0.4, 0.5) is 0 Å². The molecule has 0 saturated carbocycles. The zero-order valence-corrected chi connectivity index (χ0v) is 5.99. The summed E-state index contributed by atoms with van der Waals surface area (Å²) in [5.41, 5.74) is 0.875. The molecule has 1 heteroatoms. The second kappa shape index (κ2) is 3.65. The molecule has 0 aromatic heterocycles. The predicted octanol–water partition coefficient (Wildman–Crippen LogP) is 2.46. The first-order chi connectivity index (χ1) is 3.66. The summed E-state index contributed by atoms with van der Waals surface area (Å²) >= 11 is 0. The largest absolute Gasteiger partial charge is 0.310 e. The van der Waals surface area contributed by atoms with E-state index in [4.69, 9.17) is 5.41 Å². The molecule has 0 rings (SSSR count). The van der Waals surface area contributed by atoms with Crippen molar-refractivity contribution < 1.29 is 0 Å². The zero-order valence-electron chi connectivity index (χ0n) is 5.99. The monoisotopic (exact) mass is 113 g/mol. The Bertz CT molecular complexity index is 74.5. The van der Waals surface area contributed by atoms with Gasteiger partial charge >= 0.3 is 0 Å². The van der Waals surface area contributed by atoms with E-state index in [1.165, 1.54) is 0 Å². The Balaban J connectivity index is 3.25. The second-order valence-electron chi connectivity index (χ2n) is 2.56. The van der Waals surface area contributed by atoms with Crippen LogP contribution < -0.4 is 0 Å². The molecule has 0 aliphatic heterocycles. The average molecular weight is 113 g/mol. The Kier molecular flexibility index (Phi) is 3.49. The number of hydrogen-bond acceptors (Lipinski definition) is 1. The first kappa shape index (κ1) is 7.67. The third kappa shape index (κ3) is 3.85. The summed E-state index contributed by atoms with van der Waals surface area (Å²) in [7, 11) is 0. The molecule has 0 unspecified atom stereocenters. The normalized spacial score (nSPS) is 10.0. The predicted molar refractivity (Wildman–Crippen MR) is 37.5 cm³/mol. The Hall–Kier alpha value is -0.330. The minimum absolute atomic E-state index is 0.655. The van der Waals surface area contributed by atoms with Gasteiger partial charge in [0.25, 0.3) is 0 Å². The molecule has 0 atom stereocenters. The Labute approximate surface area is 51.6 Å². The summed E-state index contributed by atoms with van der Waals surface area (Å²) in [4.78, 5) is 0. The van der Waals surface area contributed by atoms with Crippen molar-refractivity contribution in [3.05, 3.63) is 0 Å². The van der Waals surface area contributed by atoms with Crippen LogP contribution >= 0.6 is 0 Å². The second-order valence-corrected chi connectivity index (χ2v) is 2.56. The van der Waals surface area contributed by atoms with Gasteiger partial charge in [-0.2, -0.15) is 0 Å². The molecule has 0 bridgehead atoms. The van der Waals surface area contributed by atoms with E-state index in [1.807, 2.05) is 6.92 Å². The summed E-state index contributed by atoms with van der Waals surface area (Å²) in [5, 5.41) is 7.27. The van der Waals surface area contributed by atoms with Gasteiger partial charge in [0.15, 0.2) is 0 Å². The van der Waals surface area contributed by atoms with Crippen molar-refractivity contribution in [2.75, 3.05) is 0 Å². The summed E-state index contributed by atoms with van der Waals surface area (Å²) in [6.45, 7) is 6.32. The molecule has 0 amide bonds. The minimum atomic E-state index is 0.655. The fraction of sp³-hybridized carbons (Fsp3) is 0.857. The van der Waals surface area contributed by atoms with Crippen LogP contribution in [-0.2, 0) is 0 Å². The van der Waals surface area contributed by atoms with Crippen molar-refractivity contribution in [1.82, 2.24) is 0 Å². The van der Waals surface area contributed by atoms with Crippen LogP contribution in [0, 0.1) is 11.3 Å². The third-order valence-electron chi connectivity index (χ3n) is 1.08. The molecule has 0 aliphatic carbocycles. The van der Waals surface area contributed by atoms with Gasteiger partial charge < -0.3 is 5.41 Å². The SMILES string of the molecule is CCC(=N)CC(C)C. The van der Waals surface area contributed by atoms with Crippen molar-refractivity contribution in [3.8, 4) is 0 Å². The lowest BCUT2D eigenvalue weighted by molar-refractivity contribution is 0.676. The van der Waals surface area contributed by atoms with Crippen molar-refractivity contribution >= 4 is 5.71 Å². The first-order valence-electron chi connectivity index (χ1n) is 3.23. The van der Waals surface area contributed by atoms with Crippen molar-refractivity contribution in [2.24, 2.45) is 5.92 Å². The standard InChI is InChI=1S/C7H15N/c1-4-7(8)5-6(2)3/h6,8H,4-5H2,1-3H3. The fourth-order valence-corrected chi connectivity index (χ4v) is 0.637. The Morgan fingerprint density at radius 2 is 2.00 bits per heavy atom. The van der Waals surface area contributed by atoms with E-state index in [2.05, 4.69) is 13.8 Å². The molecule has 0 aromatic rings. The molecule has 48 valence electrons. The van der Waals surface area contributed by atoms with Crippen LogP contribution in [0.25, 0.3) is 0 Å². The smallest absolute Gasteiger partial charge is 0.00889 e. The van der Waals surface area contributed by atoms with Crippen molar-refractivity contribution in [1.29, 1.82) is 5.41 Å². The Morgan fingerprint density at radius 1 is 1.50 bits per heavy atom. The zero-order chi connectivity index (χ0) is 6.57. The molecule has 1 N–H and O–H groups in total. The maximum atomic E-state index is 7.27. The summed E-state index contributed by atoms with van der Waals surface area (Å²) in [6.07, 6.45) is 1.88. The molecule has 0 heterocycles. The van der Waals surface area contributed by atoms with Gasteiger partial charge in [0, 0.05) is 5.71 Å². The van der Waals surface area contributed by atoms with E-state index >= 15 is 0 Å². The van der Waals surface area contributed by atoms with Crippen LogP contribution in [0.15, 0.2) is 0 Å². The van der Waals surface area contributed by atoms with Gasteiger partial charge in [0.2, 0.25) is 0 Å². The topological polar surface area (TPSA) is 23.9 Å². The van der Waals surface area contributed by atoms with Crippen LogP contribution in [-0.4, -0.2) is 5.71 Å². The number of rotatable bonds is 3. The van der Waals surface area contributed by atoms with Crippen LogP contribution in [0.5, 0.6) is 0 Å². The molecule has 0 aliphatic rings. The van der Waals surface area contributed by atoms with E-state index < -0.39 is 0 Å². The van der Waals surface area contributed by atoms with Gasteiger partial charge in [-0.05, 0) is 18.8 Å². The average Bonchev–Trinajstić information content (AvgIpc) is 1.65. The minimum Gasteiger partial charge on any atom is -0.310 e. The number of nitrogens with one attached hydrogen (secondary N) is 1. The van der Waals surface area contributed by atoms with E-state index in [0.717, 1.165) is 18.6 Å². The van der Waals surface area contributed by atoms with E-state index in [9.17, 15) is 0 Å². The Morgan fingerprint density at radius 3 is 2.12 bits per heavy atom. The van der Waals surface area contributed by atoms with Crippen LogP contribution in [0.3, 0.4) is 0 Å². The molecular weight excluding hydrogens is 98.1 g/mol. The van der Waals surface area contributed by atoms with Gasteiger partial charge in [0.05, 0.1) is 0 Å². The summed E-state index contributed by atoms with van der Waals surface area (Å²) < 4.78 is 0. The molecule has 0 spiro atoms. The van der Waals surface area contributed by atoms with Gasteiger partial charge in [-0.25, -0.2) is 0 Å². The summed E-state index contributed by atoms with van der Waals surface area (Å²) in [5.74, 6) is 0.655. The summed E-state index contributed by atoms with van der Waals surface area (Å²) in [6, 6.07) is 0. The molecule has 0 fully saturated rings. The van der Waals surface area contributed by atoms with Gasteiger partial charge in [0.1, 0.15) is 0 Å². The molecular formula is C7H15N. The molecule has 0 aromatic carbocycles. The number of hydrogen-bond donors (Lipinski definition) is 1. The van der Waals surface area contributed by atoms with Crippen LogP contribution in [0.2, 0.25) is 0 Å². The van der Waals surface area contributed by atoms with Crippen molar-refractivity contribution in [2.45, 2.75) is 33.6 Å². The molecule has 8 heavy (non-hydrogen) atoms. The maximum absolute atomic E-state index is 7.27.